The molecule has 0 radical (unpaired) electrons. The monoisotopic (exact) mass is 378 g/mol. The minimum absolute atomic E-state index is 0.412. The molecule has 0 saturated carbocycles. The fraction of sp³-hybridized carbons (Fsp3) is 0.250. The zero-order valence-electron chi connectivity index (χ0n) is 9.50. The van der Waals surface area contributed by atoms with Crippen LogP contribution in [0.4, 0.5) is 0 Å². The highest BCUT2D eigenvalue weighted by Crippen LogP contribution is 2.25. The molecule has 1 N–H and O–H groups in total. The van der Waals surface area contributed by atoms with Crippen LogP contribution in [-0.2, 0) is 0 Å². The third kappa shape index (κ3) is 2.58. The summed E-state index contributed by atoms with van der Waals surface area (Å²) >= 11 is 13.6. The summed E-state index contributed by atoms with van der Waals surface area (Å²) in [6.07, 6.45) is 1.97. The maximum Gasteiger partial charge on any atom is 0.182 e. The Hall–Kier alpha value is -0.330. The van der Waals surface area contributed by atoms with Crippen molar-refractivity contribution in [3.05, 3.63) is 43.5 Å². The Morgan fingerprint density at radius 1 is 1.41 bits per heavy atom. The summed E-state index contributed by atoms with van der Waals surface area (Å²) in [7, 11) is 0. The molecule has 0 aliphatic heterocycles. The number of imidazole rings is 1. The lowest BCUT2D eigenvalue weighted by molar-refractivity contribution is 0.782. The van der Waals surface area contributed by atoms with Crippen LogP contribution < -0.4 is 0 Å². The number of benzene rings is 1. The third-order valence-electron chi connectivity index (χ3n) is 2.55. The molecule has 17 heavy (non-hydrogen) atoms. The Labute approximate surface area is 124 Å². The number of hydrogen-bond acceptors (Lipinski definition) is 1. The Bertz CT molecular complexity index is 601. The van der Waals surface area contributed by atoms with E-state index >= 15 is 0 Å². The molecule has 2 aromatic rings. The fourth-order valence-corrected chi connectivity index (χ4v) is 3.09. The first-order valence-corrected chi connectivity index (χ1v) is 7.13. The number of hydrogen-bond donors (Lipinski definition) is 1. The van der Waals surface area contributed by atoms with Crippen LogP contribution in [0.5, 0.6) is 0 Å². The van der Waals surface area contributed by atoms with Crippen molar-refractivity contribution in [3.63, 3.8) is 0 Å². The van der Waals surface area contributed by atoms with Crippen LogP contribution in [0.3, 0.4) is 0 Å². The highest BCUT2D eigenvalue weighted by Gasteiger charge is 2.12. The van der Waals surface area contributed by atoms with Crippen LogP contribution in [0.25, 0.3) is 5.69 Å². The normalized spacial score (nSPS) is 11.1. The van der Waals surface area contributed by atoms with Gasteiger partial charge in [0.1, 0.15) is 0 Å². The number of rotatable bonds is 2. The van der Waals surface area contributed by atoms with E-state index < -0.39 is 0 Å². The summed E-state index contributed by atoms with van der Waals surface area (Å²) in [5, 5.41) is 0.742. The Kier molecular flexibility index (Phi) is 3.95. The number of nitrogens with one attached hydrogen (secondary N) is 1. The molecule has 0 bridgehead atoms. The second kappa shape index (κ2) is 5.12. The molecule has 1 aromatic carbocycles. The second-order valence-corrected chi connectivity index (χ2v) is 6.09. The first-order valence-electron chi connectivity index (χ1n) is 5.26. The zero-order valence-corrected chi connectivity index (χ0v) is 13.2. The average Bonchev–Trinajstić information content (AvgIpc) is 2.60. The molecule has 2 rings (SSSR count). The summed E-state index contributed by atoms with van der Waals surface area (Å²) in [6.45, 7) is 4.30. The van der Waals surface area contributed by atoms with Crippen molar-refractivity contribution >= 4 is 46.4 Å². The summed E-state index contributed by atoms with van der Waals surface area (Å²) < 4.78 is 3.87. The lowest BCUT2D eigenvalue weighted by Gasteiger charge is -2.12. The molecule has 0 fully saturated rings. The Morgan fingerprint density at radius 2 is 2.12 bits per heavy atom. The van der Waals surface area contributed by atoms with E-state index in [1.54, 1.807) is 0 Å². The van der Waals surface area contributed by atoms with Gasteiger partial charge in [0.05, 0.1) is 5.69 Å². The number of nitrogens with zero attached hydrogens (tertiary/aromatic N) is 1. The van der Waals surface area contributed by atoms with Crippen LogP contribution >= 0.6 is 46.4 Å². The van der Waals surface area contributed by atoms with E-state index in [9.17, 15) is 0 Å². The Balaban J connectivity index is 2.68. The molecule has 1 heterocycles. The van der Waals surface area contributed by atoms with Crippen molar-refractivity contribution in [1.82, 2.24) is 9.55 Å². The molecule has 0 aliphatic rings. The predicted molar refractivity (Wildman–Crippen MR) is 82.8 cm³/mol. The van der Waals surface area contributed by atoms with Gasteiger partial charge in [-0.15, -0.1) is 0 Å². The average molecular weight is 379 g/mol. The molecule has 0 aliphatic carbocycles. The molecule has 0 amide bonds. The summed E-state index contributed by atoms with van der Waals surface area (Å²) in [5.74, 6) is 0.412. The lowest BCUT2D eigenvalue weighted by Crippen LogP contribution is -2.03. The third-order valence-corrected chi connectivity index (χ3v) is 3.95. The van der Waals surface area contributed by atoms with Crippen molar-refractivity contribution in [1.29, 1.82) is 0 Å². The van der Waals surface area contributed by atoms with Crippen LogP contribution in [-0.4, -0.2) is 9.55 Å². The number of aromatic nitrogens is 2. The SMILES string of the molecule is CC(C)c1c[nH]c(=S)n1-c1ccc(Cl)cc1I. The van der Waals surface area contributed by atoms with E-state index in [-0.39, 0.29) is 0 Å². The molecule has 0 atom stereocenters. The van der Waals surface area contributed by atoms with Crippen LogP contribution in [0.15, 0.2) is 24.4 Å². The quantitative estimate of drug-likeness (QED) is 0.581. The zero-order chi connectivity index (χ0) is 12.6. The predicted octanol–water partition coefficient (Wildman–Crippen LogP) is 4.92. The van der Waals surface area contributed by atoms with E-state index in [2.05, 4.69) is 46.0 Å². The van der Waals surface area contributed by atoms with Gasteiger partial charge in [-0.2, -0.15) is 0 Å². The van der Waals surface area contributed by atoms with E-state index in [0.29, 0.717) is 10.7 Å². The molecule has 2 nitrogen and oxygen atoms in total. The number of aromatic amines is 1. The summed E-state index contributed by atoms with van der Waals surface area (Å²) in [6, 6.07) is 5.83. The number of H-pyrrole nitrogens is 1. The van der Waals surface area contributed by atoms with Gasteiger partial charge in [0.25, 0.3) is 0 Å². The van der Waals surface area contributed by atoms with Gasteiger partial charge in [-0.3, -0.25) is 4.57 Å². The van der Waals surface area contributed by atoms with Crippen molar-refractivity contribution in [2.45, 2.75) is 19.8 Å². The van der Waals surface area contributed by atoms with Crippen molar-refractivity contribution in [3.8, 4) is 5.69 Å². The highest BCUT2D eigenvalue weighted by molar-refractivity contribution is 14.1. The van der Waals surface area contributed by atoms with Gasteiger partial charge in [0, 0.05) is 20.5 Å². The molecule has 90 valence electrons. The van der Waals surface area contributed by atoms with Gasteiger partial charge in [-0.1, -0.05) is 25.4 Å². The van der Waals surface area contributed by atoms with Crippen LogP contribution in [0.2, 0.25) is 5.02 Å². The molecule has 0 saturated heterocycles. The van der Waals surface area contributed by atoms with E-state index in [1.807, 2.05) is 24.4 Å². The smallest absolute Gasteiger partial charge is 0.182 e. The van der Waals surface area contributed by atoms with Gasteiger partial charge >= 0.3 is 0 Å². The van der Waals surface area contributed by atoms with E-state index in [4.69, 9.17) is 23.8 Å². The molecule has 5 heteroatoms. The van der Waals surface area contributed by atoms with Gasteiger partial charge < -0.3 is 4.98 Å². The maximum absolute atomic E-state index is 5.97. The highest BCUT2D eigenvalue weighted by atomic mass is 127. The Morgan fingerprint density at radius 3 is 2.71 bits per heavy atom. The van der Waals surface area contributed by atoms with Crippen LogP contribution in [0, 0.1) is 8.34 Å². The largest absolute Gasteiger partial charge is 0.337 e. The van der Waals surface area contributed by atoms with Gasteiger partial charge in [-0.25, -0.2) is 0 Å². The minimum atomic E-state index is 0.412. The van der Waals surface area contributed by atoms with Crippen molar-refractivity contribution in [2.75, 3.05) is 0 Å². The van der Waals surface area contributed by atoms with E-state index in [1.165, 1.54) is 5.69 Å². The summed E-state index contributed by atoms with van der Waals surface area (Å²) in [5.41, 5.74) is 2.25. The molecular formula is C12H12ClIN2S. The molecule has 0 unspecified atom stereocenters. The van der Waals surface area contributed by atoms with Gasteiger partial charge in [0.2, 0.25) is 0 Å². The van der Waals surface area contributed by atoms with Gasteiger partial charge in [-0.05, 0) is 58.9 Å². The summed E-state index contributed by atoms with van der Waals surface area (Å²) in [4.78, 5) is 3.10. The molecule has 1 aromatic heterocycles. The van der Waals surface area contributed by atoms with Gasteiger partial charge in [0.15, 0.2) is 4.77 Å². The first kappa shape index (κ1) is 13.1. The first-order chi connectivity index (χ1) is 8.00. The maximum atomic E-state index is 5.97. The second-order valence-electron chi connectivity index (χ2n) is 4.10. The fourth-order valence-electron chi connectivity index (χ4n) is 1.72. The van der Waals surface area contributed by atoms with Crippen LogP contribution in [0.1, 0.15) is 25.5 Å². The minimum Gasteiger partial charge on any atom is -0.337 e. The number of halogens is 2. The van der Waals surface area contributed by atoms with Crippen molar-refractivity contribution in [2.24, 2.45) is 0 Å². The van der Waals surface area contributed by atoms with E-state index in [0.717, 1.165) is 14.3 Å². The lowest BCUT2D eigenvalue weighted by atomic mass is 10.1. The van der Waals surface area contributed by atoms with Crippen molar-refractivity contribution < 1.29 is 0 Å². The molecular weight excluding hydrogens is 367 g/mol. The standard InChI is InChI=1S/C12H12ClIN2S/c1-7(2)11-6-15-12(17)16(11)10-4-3-8(13)5-9(10)14/h3-7H,1-2H3,(H,15,17). The molecule has 0 spiro atoms. The topological polar surface area (TPSA) is 20.7 Å².